The van der Waals surface area contributed by atoms with E-state index in [-0.39, 0.29) is 30.1 Å². The van der Waals surface area contributed by atoms with Crippen molar-refractivity contribution in [2.45, 2.75) is 126 Å². The Morgan fingerprint density at radius 1 is 0.705 bits per heavy atom. The van der Waals surface area contributed by atoms with E-state index in [9.17, 15) is 9.59 Å². The van der Waals surface area contributed by atoms with Gasteiger partial charge < -0.3 is 18.4 Å². The van der Waals surface area contributed by atoms with Crippen molar-refractivity contribution in [2.75, 3.05) is 27.2 Å². The van der Waals surface area contributed by atoms with Gasteiger partial charge in [0.25, 0.3) is 0 Å². The van der Waals surface area contributed by atoms with Crippen LogP contribution in [0.1, 0.15) is 101 Å². The van der Waals surface area contributed by atoms with Crippen molar-refractivity contribution < 1.29 is 28.0 Å². The molecule has 0 radical (unpaired) electrons. The molecule has 5 aliphatic rings. The van der Waals surface area contributed by atoms with Crippen LogP contribution in [0.25, 0.3) is 0 Å². The summed E-state index contributed by atoms with van der Waals surface area (Å²) >= 11 is 0. The van der Waals surface area contributed by atoms with Crippen LogP contribution in [0.2, 0.25) is 0 Å². The Labute approximate surface area is 263 Å². The van der Waals surface area contributed by atoms with Gasteiger partial charge in [0.15, 0.2) is 0 Å². The summed E-state index contributed by atoms with van der Waals surface area (Å²) in [6.45, 7) is 6.86. The highest BCUT2D eigenvalue weighted by molar-refractivity contribution is 5.91. The fraction of sp³-hybridized carbons (Fsp3) is 0.632. The Morgan fingerprint density at radius 2 is 1.20 bits per heavy atom. The smallest absolute Gasteiger partial charge is 0.321 e. The molecule has 4 bridgehead atoms. The summed E-state index contributed by atoms with van der Waals surface area (Å²) in [5.74, 6) is -0.638. The van der Waals surface area contributed by atoms with Crippen molar-refractivity contribution in [3.63, 3.8) is 0 Å². The molecular formula is C38H52N2O4+2. The van der Waals surface area contributed by atoms with Crippen LogP contribution in [0.15, 0.2) is 54.6 Å². The van der Waals surface area contributed by atoms with Crippen molar-refractivity contribution in [3.05, 3.63) is 71.3 Å². The van der Waals surface area contributed by atoms with Crippen LogP contribution < -0.4 is 0 Å². The molecule has 0 amide bonds. The highest BCUT2D eigenvalue weighted by Crippen LogP contribution is 2.50. The molecule has 2 unspecified atom stereocenters. The van der Waals surface area contributed by atoms with Crippen molar-refractivity contribution in [1.82, 2.24) is 0 Å². The lowest BCUT2D eigenvalue weighted by Gasteiger charge is -2.47. The summed E-state index contributed by atoms with van der Waals surface area (Å²) in [6, 6.07) is 20.5. The second-order valence-corrected chi connectivity index (χ2v) is 15.1. The molecule has 7 rings (SSSR count). The second kappa shape index (κ2) is 11.3. The zero-order chi connectivity index (χ0) is 30.7. The summed E-state index contributed by atoms with van der Waals surface area (Å²) in [5.41, 5.74) is 1.86. The number of rotatable bonds is 7. The SMILES string of the molecule is CC[N+]1(C)[C@H]2CC[C@H]1CC(OC(=O)[C@H]1CC[C@](C(=O)OC3C[C@H]4CC[C@@H](C3)[N+]4(C)CC)(c3ccccc3)c3ccccc31)C2. The topological polar surface area (TPSA) is 52.6 Å². The number of carbonyl (C=O) groups is 2. The highest BCUT2D eigenvalue weighted by Gasteiger charge is 2.55. The average Bonchev–Trinajstić information content (AvgIpc) is 3.29. The largest absolute Gasteiger partial charge is 0.461 e. The first-order chi connectivity index (χ1) is 21.2. The van der Waals surface area contributed by atoms with Crippen LogP contribution in [0.5, 0.6) is 0 Å². The third-order valence-corrected chi connectivity index (χ3v) is 13.6. The standard InChI is InChI=1S/C38H52N2O4/c1-5-39(3)27-16-17-28(39)23-31(22-27)43-36(41)34-20-21-38(26-12-8-7-9-13-26,35-15-11-10-14-33(34)35)37(42)44-32-24-29-18-19-30(25-32)40(29,4)6-2/h7-15,27-32,34H,5-6,16-25H2,1-4H3/q+2/t27-,28-,29-,30+,31?,32?,34-,38-,39?,40?/m0/s1. The number of benzene rings is 2. The van der Waals surface area contributed by atoms with Crippen molar-refractivity contribution in [1.29, 1.82) is 0 Å². The van der Waals surface area contributed by atoms with Gasteiger partial charge in [-0.15, -0.1) is 0 Å². The summed E-state index contributed by atoms with van der Waals surface area (Å²) in [5, 5.41) is 0. The first-order valence-corrected chi connectivity index (χ1v) is 17.5. The molecule has 0 aromatic heterocycles. The zero-order valence-corrected chi connectivity index (χ0v) is 27.3. The number of hydrogen-bond acceptors (Lipinski definition) is 4. The Balaban J connectivity index is 1.15. The lowest BCUT2D eigenvalue weighted by molar-refractivity contribution is -0.947. The Kier molecular flexibility index (Phi) is 7.68. The maximum Gasteiger partial charge on any atom is 0.321 e. The van der Waals surface area contributed by atoms with Gasteiger partial charge in [0.05, 0.1) is 57.3 Å². The lowest BCUT2D eigenvalue weighted by atomic mass is 9.63. The third kappa shape index (κ3) is 4.57. The number of esters is 2. The predicted molar refractivity (Wildman–Crippen MR) is 171 cm³/mol. The van der Waals surface area contributed by atoms with Gasteiger partial charge in [0.1, 0.15) is 17.6 Å². The monoisotopic (exact) mass is 600 g/mol. The van der Waals surface area contributed by atoms with Crippen LogP contribution in [0, 0.1) is 0 Å². The number of quaternary nitrogens is 2. The first-order valence-electron chi connectivity index (χ1n) is 17.5. The van der Waals surface area contributed by atoms with Gasteiger partial charge >= 0.3 is 11.9 Å². The quantitative estimate of drug-likeness (QED) is 0.278. The molecule has 0 saturated carbocycles. The predicted octanol–water partition coefficient (Wildman–Crippen LogP) is 6.26. The van der Waals surface area contributed by atoms with Gasteiger partial charge in [-0.05, 0) is 43.4 Å². The van der Waals surface area contributed by atoms with Gasteiger partial charge in [0, 0.05) is 51.4 Å². The molecule has 4 fully saturated rings. The van der Waals surface area contributed by atoms with E-state index in [0.29, 0.717) is 37.0 Å². The number of hydrogen-bond donors (Lipinski definition) is 0. The minimum absolute atomic E-state index is 0.00966. The number of ether oxygens (including phenoxy) is 2. The van der Waals surface area contributed by atoms with E-state index in [0.717, 1.165) is 64.4 Å². The average molecular weight is 601 g/mol. The van der Waals surface area contributed by atoms with Crippen LogP contribution in [0.4, 0.5) is 0 Å². The fourth-order valence-electron chi connectivity index (χ4n) is 10.5. The minimum atomic E-state index is -0.932. The molecule has 236 valence electrons. The number of piperidine rings is 2. The van der Waals surface area contributed by atoms with Gasteiger partial charge in [-0.3, -0.25) is 9.59 Å². The molecule has 6 nitrogen and oxygen atoms in total. The molecule has 2 aromatic carbocycles. The van der Waals surface area contributed by atoms with Crippen LogP contribution in [0.3, 0.4) is 0 Å². The first kappa shape index (κ1) is 30.0. The van der Waals surface area contributed by atoms with Crippen molar-refractivity contribution in [3.8, 4) is 0 Å². The molecule has 44 heavy (non-hydrogen) atoms. The van der Waals surface area contributed by atoms with Crippen LogP contribution in [-0.4, -0.2) is 84.5 Å². The highest BCUT2D eigenvalue weighted by atomic mass is 16.5. The summed E-state index contributed by atoms with van der Waals surface area (Å²) in [4.78, 5) is 28.6. The van der Waals surface area contributed by atoms with E-state index >= 15 is 0 Å². The molecule has 6 heteroatoms. The van der Waals surface area contributed by atoms with Gasteiger partial charge in [-0.25, -0.2) is 0 Å². The third-order valence-electron chi connectivity index (χ3n) is 13.6. The lowest BCUT2D eigenvalue weighted by Crippen LogP contribution is -2.59. The minimum Gasteiger partial charge on any atom is -0.461 e. The Hall–Kier alpha value is -2.70. The molecule has 0 N–H and O–H groups in total. The second-order valence-electron chi connectivity index (χ2n) is 15.1. The number of carbonyl (C=O) groups excluding carboxylic acids is 2. The molecule has 4 heterocycles. The van der Waals surface area contributed by atoms with E-state index in [4.69, 9.17) is 9.47 Å². The molecule has 1 aliphatic carbocycles. The maximum absolute atomic E-state index is 14.6. The molecule has 8 atom stereocenters. The normalized spacial score (nSPS) is 40.7. The van der Waals surface area contributed by atoms with E-state index in [1.165, 1.54) is 25.7 Å². The van der Waals surface area contributed by atoms with E-state index in [1.807, 2.05) is 36.4 Å². The van der Waals surface area contributed by atoms with E-state index < -0.39 is 5.41 Å². The number of nitrogens with zero attached hydrogens (tertiary/aromatic N) is 2. The Bertz CT molecular complexity index is 1360. The van der Waals surface area contributed by atoms with Crippen LogP contribution >= 0.6 is 0 Å². The fourth-order valence-corrected chi connectivity index (χ4v) is 10.5. The van der Waals surface area contributed by atoms with Gasteiger partial charge in [0.2, 0.25) is 0 Å². The van der Waals surface area contributed by atoms with Crippen LogP contribution in [-0.2, 0) is 24.5 Å². The van der Waals surface area contributed by atoms with E-state index in [1.54, 1.807) is 0 Å². The van der Waals surface area contributed by atoms with Crippen molar-refractivity contribution in [2.24, 2.45) is 0 Å². The Morgan fingerprint density at radius 3 is 1.75 bits per heavy atom. The van der Waals surface area contributed by atoms with Gasteiger partial charge in [-0.1, -0.05) is 54.6 Å². The summed E-state index contributed by atoms with van der Waals surface area (Å²) in [6.07, 6.45) is 9.75. The zero-order valence-electron chi connectivity index (χ0n) is 27.3. The summed E-state index contributed by atoms with van der Waals surface area (Å²) in [7, 11) is 4.78. The molecule has 4 saturated heterocycles. The van der Waals surface area contributed by atoms with Crippen molar-refractivity contribution >= 4 is 11.9 Å². The molecule has 4 aliphatic heterocycles. The number of fused-ring (bicyclic) bond motifs is 5. The van der Waals surface area contributed by atoms with Gasteiger partial charge in [-0.2, -0.15) is 0 Å². The summed E-state index contributed by atoms with van der Waals surface area (Å²) < 4.78 is 15.2. The van der Waals surface area contributed by atoms with E-state index in [2.05, 4.69) is 46.1 Å². The maximum atomic E-state index is 14.6. The molecular weight excluding hydrogens is 548 g/mol. The molecule has 2 aromatic rings. The molecule has 0 spiro atoms.